The van der Waals surface area contributed by atoms with Gasteiger partial charge < -0.3 is 10.1 Å². The first-order valence-electron chi connectivity index (χ1n) is 11.3. The van der Waals surface area contributed by atoms with Gasteiger partial charge in [0.05, 0.1) is 16.1 Å². The number of carbonyl (C=O) groups excluding carboxylic acids is 2. The van der Waals surface area contributed by atoms with E-state index in [0.717, 1.165) is 0 Å². The lowest BCUT2D eigenvalue weighted by molar-refractivity contribution is 0.0934. The number of benzene rings is 3. The fourth-order valence-corrected chi connectivity index (χ4v) is 5.12. The van der Waals surface area contributed by atoms with Gasteiger partial charge in [-0.3, -0.25) is 9.59 Å². The molecule has 200 valence electrons. The van der Waals surface area contributed by atoms with Crippen molar-refractivity contribution in [3.8, 4) is 11.6 Å². The molecule has 1 aromatic heterocycles. The molecular formula is C27H20Cl2FN3O5S. The predicted molar refractivity (Wildman–Crippen MR) is 144 cm³/mol. The number of halogens is 3. The minimum Gasteiger partial charge on any atom is -0.438 e. The molecule has 1 heterocycles. The molecule has 0 fully saturated rings. The number of hydrogen-bond acceptors (Lipinski definition) is 6. The predicted octanol–water partition coefficient (Wildman–Crippen LogP) is 5.93. The van der Waals surface area contributed by atoms with Crippen LogP contribution in [0, 0.1) is 5.82 Å². The van der Waals surface area contributed by atoms with Gasteiger partial charge in [-0.05, 0) is 67.1 Å². The maximum atomic E-state index is 13.2. The molecule has 0 saturated carbocycles. The Bertz CT molecular complexity index is 1630. The first kappa shape index (κ1) is 28.0. The van der Waals surface area contributed by atoms with Crippen molar-refractivity contribution in [2.24, 2.45) is 0 Å². The molecule has 0 aliphatic rings. The van der Waals surface area contributed by atoms with Gasteiger partial charge in [-0.15, -0.1) is 0 Å². The molecule has 0 aliphatic heterocycles. The van der Waals surface area contributed by atoms with Crippen molar-refractivity contribution in [2.75, 3.05) is 0 Å². The zero-order chi connectivity index (χ0) is 28.2. The van der Waals surface area contributed by atoms with Crippen LogP contribution in [0.5, 0.6) is 11.6 Å². The van der Waals surface area contributed by atoms with E-state index in [4.69, 9.17) is 27.9 Å². The first-order valence-corrected chi connectivity index (χ1v) is 13.6. The number of pyridine rings is 1. The van der Waals surface area contributed by atoms with Gasteiger partial charge in [0.15, 0.2) is 0 Å². The third kappa shape index (κ3) is 6.91. The molecule has 2 N–H and O–H groups in total. The average molecular weight is 588 g/mol. The van der Waals surface area contributed by atoms with E-state index in [9.17, 15) is 22.4 Å². The second-order valence-corrected chi connectivity index (χ2v) is 10.7. The summed E-state index contributed by atoms with van der Waals surface area (Å²) in [5.41, 5.74) is 0.770. The molecule has 12 heteroatoms. The van der Waals surface area contributed by atoms with Crippen LogP contribution in [-0.2, 0) is 10.0 Å². The molecule has 0 spiro atoms. The van der Waals surface area contributed by atoms with Gasteiger partial charge in [0, 0.05) is 11.8 Å². The summed E-state index contributed by atoms with van der Waals surface area (Å²) in [4.78, 5) is 29.5. The van der Waals surface area contributed by atoms with Crippen LogP contribution in [0.25, 0.3) is 0 Å². The van der Waals surface area contributed by atoms with Crippen molar-refractivity contribution in [3.05, 3.63) is 118 Å². The number of nitrogens with one attached hydrogen (secondary N) is 2. The van der Waals surface area contributed by atoms with Crippen LogP contribution < -0.4 is 14.8 Å². The highest BCUT2D eigenvalue weighted by Crippen LogP contribution is 2.27. The zero-order valence-electron chi connectivity index (χ0n) is 20.2. The zero-order valence-corrected chi connectivity index (χ0v) is 22.5. The fourth-order valence-electron chi connectivity index (χ4n) is 3.46. The van der Waals surface area contributed by atoms with Gasteiger partial charge in [-0.25, -0.2) is 22.5 Å². The smallest absolute Gasteiger partial charge is 0.265 e. The number of ether oxygens (including phenoxy) is 1. The number of nitrogens with zero attached hydrogens (tertiary/aromatic N) is 1. The Balaban J connectivity index is 1.45. The number of carbonyl (C=O) groups is 2. The number of rotatable bonds is 8. The molecule has 1 atom stereocenters. The molecule has 4 rings (SSSR count). The second kappa shape index (κ2) is 11.8. The van der Waals surface area contributed by atoms with E-state index < -0.39 is 33.7 Å². The van der Waals surface area contributed by atoms with E-state index in [0.29, 0.717) is 5.56 Å². The average Bonchev–Trinajstić information content (AvgIpc) is 2.90. The number of aromatic nitrogens is 1. The molecule has 4 aromatic rings. The Morgan fingerprint density at radius 3 is 2.28 bits per heavy atom. The Morgan fingerprint density at radius 2 is 1.62 bits per heavy atom. The van der Waals surface area contributed by atoms with Crippen molar-refractivity contribution in [1.29, 1.82) is 0 Å². The van der Waals surface area contributed by atoms with E-state index in [1.165, 1.54) is 66.9 Å². The lowest BCUT2D eigenvalue weighted by atomic mass is 10.1. The van der Waals surface area contributed by atoms with Gasteiger partial charge in [0.1, 0.15) is 22.0 Å². The van der Waals surface area contributed by atoms with E-state index in [1.54, 1.807) is 25.1 Å². The van der Waals surface area contributed by atoms with Crippen molar-refractivity contribution in [2.45, 2.75) is 17.9 Å². The third-order valence-corrected chi connectivity index (χ3v) is 7.50. The minimum absolute atomic E-state index is 0.0150. The largest absolute Gasteiger partial charge is 0.438 e. The van der Waals surface area contributed by atoms with Crippen LogP contribution in [0.15, 0.2) is 90.0 Å². The SMILES string of the molecule is C[C@H](NC(=O)c1cc(Cl)cnc1Oc1ccc(F)cc1)c1ccc(C(=O)NS(=O)(=O)c2ccccc2Cl)cc1. The van der Waals surface area contributed by atoms with Crippen molar-refractivity contribution >= 4 is 45.0 Å². The highest BCUT2D eigenvalue weighted by molar-refractivity contribution is 7.90. The molecule has 0 saturated heterocycles. The molecule has 0 unspecified atom stereocenters. The molecule has 2 amide bonds. The molecule has 39 heavy (non-hydrogen) atoms. The number of sulfonamides is 1. The van der Waals surface area contributed by atoms with Crippen LogP contribution in [0.4, 0.5) is 4.39 Å². The Hall–Kier alpha value is -3.99. The van der Waals surface area contributed by atoms with Crippen molar-refractivity contribution < 1.29 is 27.1 Å². The number of amides is 2. The van der Waals surface area contributed by atoms with E-state index >= 15 is 0 Å². The topological polar surface area (TPSA) is 114 Å². The molecule has 3 aromatic carbocycles. The summed E-state index contributed by atoms with van der Waals surface area (Å²) < 4.78 is 45.9. The van der Waals surface area contributed by atoms with Gasteiger partial charge in [-0.2, -0.15) is 0 Å². The van der Waals surface area contributed by atoms with Crippen LogP contribution >= 0.6 is 23.2 Å². The maximum Gasteiger partial charge on any atom is 0.265 e. The van der Waals surface area contributed by atoms with Crippen molar-refractivity contribution in [3.63, 3.8) is 0 Å². The van der Waals surface area contributed by atoms with E-state index in [2.05, 4.69) is 10.3 Å². The van der Waals surface area contributed by atoms with E-state index in [-0.39, 0.29) is 37.7 Å². The first-order chi connectivity index (χ1) is 18.5. The van der Waals surface area contributed by atoms with Crippen LogP contribution in [0.3, 0.4) is 0 Å². The van der Waals surface area contributed by atoms with Gasteiger partial charge in [-0.1, -0.05) is 47.5 Å². The van der Waals surface area contributed by atoms with E-state index in [1.807, 2.05) is 4.72 Å². The fraction of sp³-hybridized carbons (Fsp3) is 0.0741. The molecule has 0 bridgehead atoms. The summed E-state index contributed by atoms with van der Waals surface area (Å²) >= 11 is 12.0. The summed E-state index contributed by atoms with van der Waals surface area (Å²) in [6.45, 7) is 1.72. The quantitative estimate of drug-likeness (QED) is 0.264. The summed E-state index contributed by atoms with van der Waals surface area (Å²) in [6, 6.07) is 17.9. The highest BCUT2D eigenvalue weighted by atomic mass is 35.5. The normalized spacial score (nSPS) is 11.9. The Morgan fingerprint density at radius 1 is 0.949 bits per heavy atom. The lowest BCUT2D eigenvalue weighted by Gasteiger charge is -2.16. The summed E-state index contributed by atoms with van der Waals surface area (Å²) in [5, 5.41) is 3.00. The monoisotopic (exact) mass is 587 g/mol. The summed E-state index contributed by atoms with van der Waals surface area (Å²) in [7, 11) is -4.18. The molecular weight excluding hydrogens is 568 g/mol. The van der Waals surface area contributed by atoms with Gasteiger partial charge >= 0.3 is 0 Å². The Kier molecular flexibility index (Phi) is 8.49. The standard InChI is InChI=1S/C27H20Cl2FN3O5S/c1-16(32-26(35)22-14-19(28)15-31-27(22)38-21-12-10-20(30)11-13-21)17-6-8-18(9-7-17)25(34)33-39(36,37)24-5-3-2-4-23(24)29/h2-16H,1H3,(H,32,35)(H,33,34)/t16-/m0/s1. The third-order valence-electron chi connectivity index (χ3n) is 5.46. The van der Waals surface area contributed by atoms with Crippen LogP contribution in [0.2, 0.25) is 10.0 Å². The maximum absolute atomic E-state index is 13.2. The molecule has 0 radical (unpaired) electrons. The molecule has 8 nitrogen and oxygen atoms in total. The minimum atomic E-state index is -4.18. The summed E-state index contributed by atoms with van der Waals surface area (Å²) in [6.07, 6.45) is 1.32. The van der Waals surface area contributed by atoms with Gasteiger partial charge in [0.2, 0.25) is 5.88 Å². The lowest BCUT2D eigenvalue weighted by Crippen LogP contribution is -2.31. The van der Waals surface area contributed by atoms with Crippen molar-refractivity contribution in [1.82, 2.24) is 15.0 Å². The van der Waals surface area contributed by atoms with Gasteiger partial charge in [0.25, 0.3) is 21.8 Å². The van der Waals surface area contributed by atoms with Crippen LogP contribution in [0.1, 0.15) is 39.2 Å². The Labute approximate surface area is 233 Å². The van der Waals surface area contributed by atoms with Crippen LogP contribution in [-0.4, -0.2) is 25.2 Å². The second-order valence-electron chi connectivity index (χ2n) is 8.24. The highest BCUT2D eigenvalue weighted by Gasteiger charge is 2.22. The number of hydrogen-bond donors (Lipinski definition) is 2. The molecule has 0 aliphatic carbocycles. The summed E-state index contributed by atoms with van der Waals surface area (Å²) in [5.74, 6) is -1.57.